The summed E-state index contributed by atoms with van der Waals surface area (Å²) in [4.78, 5) is 11.6. The zero-order valence-electron chi connectivity index (χ0n) is 10.3. The minimum Gasteiger partial charge on any atom is -0.465 e. The number of nitriles is 1. The Labute approximate surface area is 92.4 Å². The molecule has 0 spiro atoms. The number of carbonyl (C=O) groups excluding carboxylic acids is 1. The molecular weight excluding hydrogens is 190 g/mol. The van der Waals surface area contributed by atoms with E-state index in [0.29, 0.717) is 6.61 Å². The van der Waals surface area contributed by atoms with Gasteiger partial charge >= 0.3 is 5.97 Å². The lowest BCUT2D eigenvalue weighted by Crippen LogP contribution is -2.33. The van der Waals surface area contributed by atoms with Crippen LogP contribution in [0.15, 0.2) is 0 Å². The van der Waals surface area contributed by atoms with Gasteiger partial charge in [0.15, 0.2) is 0 Å². The molecule has 0 bridgehead atoms. The predicted molar refractivity (Wildman–Crippen MR) is 59.0 cm³/mol. The maximum Gasteiger partial charge on any atom is 0.323 e. The molecule has 0 aromatic rings. The largest absolute Gasteiger partial charge is 0.465 e. The minimum atomic E-state index is -0.644. The van der Waals surface area contributed by atoms with E-state index in [4.69, 9.17) is 10.00 Å². The summed E-state index contributed by atoms with van der Waals surface area (Å²) < 4.78 is 4.91. The molecule has 0 fully saturated rings. The van der Waals surface area contributed by atoms with Gasteiger partial charge in [-0.05, 0) is 18.3 Å². The van der Waals surface area contributed by atoms with Crippen LogP contribution in [-0.4, -0.2) is 12.6 Å². The van der Waals surface area contributed by atoms with Crippen LogP contribution in [0.3, 0.4) is 0 Å². The molecule has 0 radical (unpaired) electrons. The molecule has 0 aliphatic carbocycles. The van der Waals surface area contributed by atoms with Crippen molar-refractivity contribution in [1.29, 1.82) is 5.26 Å². The smallest absolute Gasteiger partial charge is 0.323 e. The molecule has 0 rings (SSSR count). The van der Waals surface area contributed by atoms with Crippen molar-refractivity contribution in [1.82, 2.24) is 0 Å². The van der Waals surface area contributed by atoms with Crippen molar-refractivity contribution in [3.05, 3.63) is 0 Å². The second kappa shape index (κ2) is 5.75. The third kappa shape index (κ3) is 3.91. The van der Waals surface area contributed by atoms with Crippen LogP contribution in [-0.2, 0) is 9.53 Å². The van der Waals surface area contributed by atoms with Crippen molar-refractivity contribution >= 4 is 5.97 Å². The van der Waals surface area contributed by atoms with Crippen molar-refractivity contribution in [3.63, 3.8) is 0 Å². The second-order valence-electron chi connectivity index (χ2n) is 4.74. The third-order valence-electron chi connectivity index (χ3n) is 2.63. The average Bonchev–Trinajstić information content (AvgIpc) is 2.11. The van der Waals surface area contributed by atoms with Crippen LogP contribution in [0.1, 0.15) is 41.0 Å². The molecule has 2 unspecified atom stereocenters. The van der Waals surface area contributed by atoms with Gasteiger partial charge in [0.25, 0.3) is 0 Å². The summed E-state index contributed by atoms with van der Waals surface area (Å²) in [5, 5.41) is 9.04. The van der Waals surface area contributed by atoms with Crippen LogP contribution < -0.4 is 0 Å². The summed E-state index contributed by atoms with van der Waals surface area (Å²) >= 11 is 0. The van der Waals surface area contributed by atoms with E-state index in [1.54, 1.807) is 6.92 Å². The zero-order valence-corrected chi connectivity index (χ0v) is 10.3. The first kappa shape index (κ1) is 14.0. The lowest BCUT2D eigenvalue weighted by atomic mass is 9.72. The van der Waals surface area contributed by atoms with Gasteiger partial charge in [-0.25, -0.2) is 0 Å². The van der Waals surface area contributed by atoms with E-state index >= 15 is 0 Å². The van der Waals surface area contributed by atoms with Gasteiger partial charge in [-0.2, -0.15) is 5.26 Å². The highest BCUT2D eigenvalue weighted by Gasteiger charge is 2.36. The van der Waals surface area contributed by atoms with Gasteiger partial charge in [-0.1, -0.05) is 34.1 Å². The summed E-state index contributed by atoms with van der Waals surface area (Å²) in [5.41, 5.74) is -0.0537. The van der Waals surface area contributed by atoms with Crippen LogP contribution in [0.4, 0.5) is 0 Å². The molecule has 0 heterocycles. The SMILES string of the molecule is CCOC(=O)C(C#N)C(CC)C(C)(C)C. The Bertz CT molecular complexity index is 247. The number of rotatable bonds is 4. The topological polar surface area (TPSA) is 50.1 Å². The second-order valence-corrected chi connectivity index (χ2v) is 4.74. The van der Waals surface area contributed by atoms with Gasteiger partial charge in [0, 0.05) is 0 Å². The summed E-state index contributed by atoms with van der Waals surface area (Å²) in [7, 11) is 0. The standard InChI is InChI=1S/C12H21NO2/c1-6-10(12(3,4)5)9(8-13)11(14)15-7-2/h9-10H,6-7H2,1-5H3. The van der Waals surface area contributed by atoms with Gasteiger partial charge < -0.3 is 4.74 Å². The highest BCUT2D eigenvalue weighted by atomic mass is 16.5. The summed E-state index contributed by atoms with van der Waals surface area (Å²) in [5.74, 6) is -0.988. The normalized spacial score (nSPS) is 15.2. The Morgan fingerprint density at radius 3 is 2.20 bits per heavy atom. The molecule has 15 heavy (non-hydrogen) atoms. The van der Waals surface area contributed by atoms with E-state index in [1.165, 1.54) is 0 Å². The quantitative estimate of drug-likeness (QED) is 0.672. The van der Waals surface area contributed by atoms with E-state index in [9.17, 15) is 4.79 Å². The summed E-state index contributed by atoms with van der Waals surface area (Å²) in [6.45, 7) is 10.2. The maximum absolute atomic E-state index is 11.6. The Balaban J connectivity index is 4.79. The molecule has 3 heteroatoms. The lowest BCUT2D eigenvalue weighted by molar-refractivity contribution is -0.149. The van der Waals surface area contributed by atoms with Crippen molar-refractivity contribution < 1.29 is 9.53 Å². The molecule has 0 aliphatic heterocycles. The van der Waals surface area contributed by atoms with Crippen LogP contribution in [0.2, 0.25) is 0 Å². The Kier molecular flexibility index (Phi) is 5.35. The number of hydrogen-bond acceptors (Lipinski definition) is 3. The molecule has 0 aliphatic rings. The van der Waals surface area contributed by atoms with Gasteiger partial charge in [0.05, 0.1) is 12.7 Å². The van der Waals surface area contributed by atoms with Crippen LogP contribution in [0.25, 0.3) is 0 Å². The maximum atomic E-state index is 11.6. The van der Waals surface area contributed by atoms with Crippen molar-refractivity contribution in [2.75, 3.05) is 6.61 Å². The van der Waals surface area contributed by atoms with E-state index in [0.717, 1.165) is 6.42 Å². The van der Waals surface area contributed by atoms with Gasteiger partial charge in [-0.15, -0.1) is 0 Å². The zero-order chi connectivity index (χ0) is 12.1. The Hall–Kier alpha value is -1.04. The van der Waals surface area contributed by atoms with Gasteiger partial charge in [0.2, 0.25) is 0 Å². The van der Waals surface area contributed by atoms with E-state index < -0.39 is 5.92 Å². The molecule has 0 saturated carbocycles. The molecule has 0 saturated heterocycles. The number of ether oxygens (including phenoxy) is 1. The van der Waals surface area contributed by atoms with Crippen LogP contribution >= 0.6 is 0 Å². The Morgan fingerprint density at radius 2 is 1.93 bits per heavy atom. The van der Waals surface area contributed by atoms with Crippen LogP contribution in [0, 0.1) is 28.6 Å². The monoisotopic (exact) mass is 211 g/mol. The fourth-order valence-corrected chi connectivity index (χ4v) is 1.89. The Morgan fingerprint density at radius 1 is 1.40 bits per heavy atom. The minimum absolute atomic E-state index is 0.0431. The van der Waals surface area contributed by atoms with Crippen molar-refractivity contribution in [3.8, 4) is 6.07 Å². The third-order valence-corrected chi connectivity index (χ3v) is 2.63. The number of nitrogens with zero attached hydrogens (tertiary/aromatic N) is 1. The van der Waals surface area contributed by atoms with Crippen LogP contribution in [0.5, 0.6) is 0 Å². The van der Waals surface area contributed by atoms with Crippen molar-refractivity contribution in [2.24, 2.45) is 17.3 Å². The molecule has 0 aromatic heterocycles. The van der Waals surface area contributed by atoms with E-state index in [-0.39, 0.29) is 17.3 Å². The number of carbonyl (C=O) groups is 1. The summed E-state index contributed by atoms with van der Waals surface area (Å²) in [6.07, 6.45) is 0.806. The molecule has 0 aromatic carbocycles. The molecular formula is C12H21NO2. The first-order chi connectivity index (χ1) is 6.88. The highest BCUT2D eigenvalue weighted by molar-refractivity contribution is 5.75. The summed E-state index contributed by atoms with van der Waals surface area (Å²) in [6, 6.07) is 2.07. The fourth-order valence-electron chi connectivity index (χ4n) is 1.89. The number of esters is 1. The first-order valence-electron chi connectivity index (χ1n) is 5.44. The number of hydrogen-bond donors (Lipinski definition) is 0. The molecule has 86 valence electrons. The van der Waals surface area contributed by atoms with Crippen molar-refractivity contribution in [2.45, 2.75) is 41.0 Å². The van der Waals surface area contributed by atoms with Gasteiger partial charge in [0.1, 0.15) is 5.92 Å². The van der Waals surface area contributed by atoms with E-state index in [1.807, 2.05) is 27.7 Å². The molecule has 2 atom stereocenters. The predicted octanol–water partition coefficient (Wildman–Crippen LogP) is 2.76. The fraction of sp³-hybridized carbons (Fsp3) is 0.833. The first-order valence-corrected chi connectivity index (χ1v) is 5.44. The molecule has 0 N–H and O–H groups in total. The lowest BCUT2D eigenvalue weighted by Gasteiger charge is -2.32. The van der Waals surface area contributed by atoms with E-state index in [2.05, 4.69) is 6.07 Å². The van der Waals surface area contributed by atoms with Gasteiger partial charge in [-0.3, -0.25) is 4.79 Å². The average molecular weight is 211 g/mol. The molecule has 3 nitrogen and oxygen atoms in total. The highest BCUT2D eigenvalue weighted by Crippen LogP contribution is 2.35. The molecule has 0 amide bonds.